The highest BCUT2D eigenvalue weighted by molar-refractivity contribution is 5.78. The van der Waals surface area contributed by atoms with E-state index in [1.807, 2.05) is 0 Å². The van der Waals surface area contributed by atoms with Crippen LogP contribution in [0.2, 0.25) is 0 Å². The minimum Gasteiger partial charge on any atom is -0.462 e. The maximum absolute atomic E-state index is 13.1. The molecule has 14 heteroatoms. The van der Waals surface area contributed by atoms with Crippen LogP contribution in [0.5, 0.6) is 0 Å². The Hall–Kier alpha value is -3.52. The van der Waals surface area contributed by atoms with Gasteiger partial charge in [0.15, 0.2) is 11.7 Å². The van der Waals surface area contributed by atoms with E-state index in [1.165, 1.54) is 13.0 Å². The monoisotopic (exact) mass is 626 g/mol. The maximum Gasteiger partial charge on any atom is 0.312 e. The Morgan fingerprint density at radius 2 is 1.39 bits per heavy atom. The van der Waals surface area contributed by atoms with E-state index in [0.29, 0.717) is 0 Å². The molecule has 2 aliphatic carbocycles. The van der Waals surface area contributed by atoms with Gasteiger partial charge in [-0.3, -0.25) is 28.8 Å². The van der Waals surface area contributed by atoms with E-state index in [9.17, 15) is 39.0 Å². The minimum absolute atomic E-state index is 0.0782. The molecule has 246 valence electrons. The summed E-state index contributed by atoms with van der Waals surface area (Å²) in [5.74, 6) is -7.88. The van der Waals surface area contributed by atoms with Gasteiger partial charge in [0.1, 0.15) is 31.0 Å². The SMILES string of the molecule is CC(=O)OCC1=CC2OC(=O)C(C)C2(O)C(OC(C)=O)C2C(C)C(O)CC(OC(C)=O)C2(C)C(OC(C)=O)CC1OC(C)=O. The van der Waals surface area contributed by atoms with Gasteiger partial charge in [0.05, 0.1) is 12.0 Å². The molecule has 1 saturated heterocycles. The van der Waals surface area contributed by atoms with Crippen LogP contribution < -0.4 is 0 Å². The predicted molar refractivity (Wildman–Crippen MR) is 147 cm³/mol. The van der Waals surface area contributed by atoms with Crippen molar-refractivity contribution in [2.75, 3.05) is 6.61 Å². The van der Waals surface area contributed by atoms with E-state index in [-0.39, 0.29) is 18.4 Å². The van der Waals surface area contributed by atoms with E-state index in [0.717, 1.165) is 34.6 Å². The number of esters is 6. The molecule has 44 heavy (non-hydrogen) atoms. The molecule has 0 aromatic heterocycles. The first-order chi connectivity index (χ1) is 20.3. The number of aliphatic hydroxyl groups is 2. The Labute approximate surface area is 255 Å². The number of hydrogen-bond donors (Lipinski definition) is 2. The molecule has 1 saturated carbocycles. The number of fused-ring (bicyclic) bond motifs is 2. The summed E-state index contributed by atoms with van der Waals surface area (Å²) in [6.07, 6.45) is -7.15. The maximum atomic E-state index is 13.1. The summed E-state index contributed by atoms with van der Waals surface area (Å²) in [6.45, 7) is 9.83. The molecule has 0 aromatic carbocycles. The van der Waals surface area contributed by atoms with Crippen LogP contribution >= 0.6 is 0 Å². The van der Waals surface area contributed by atoms with Gasteiger partial charge in [0, 0.05) is 64.4 Å². The lowest BCUT2D eigenvalue weighted by Gasteiger charge is -2.58. The molecule has 0 amide bonds. The summed E-state index contributed by atoms with van der Waals surface area (Å²) >= 11 is 0. The van der Waals surface area contributed by atoms with Crippen molar-refractivity contribution < 1.29 is 67.4 Å². The fourth-order valence-electron chi connectivity index (χ4n) is 7.00. The summed E-state index contributed by atoms with van der Waals surface area (Å²) in [7, 11) is 0. The van der Waals surface area contributed by atoms with Gasteiger partial charge in [0.25, 0.3) is 0 Å². The molecule has 3 rings (SSSR count). The standard InChI is InChI=1S/C30H42O14/c1-13-21(36)10-23(41-17(5)33)29(8)24(42-18(6)34)11-22(40-16(4)32)20(12-39-15(3)31)9-25-30(38,14(2)28(37)44-25)27(26(13)29)43-19(7)35/h9,13-14,21-27,36,38H,10-12H2,1-8H3. The molecule has 2 N–H and O–H groups in total. The summed E-state index contributed by atoms with van der Waals surface area (Å²) in [6, 6.07) is 0. The van der Waals surface area contributed by atoms with Crippen molar-refractivity contribution in [3.8, 4) is 0 Å². The van der Waals surface area contributed by atoms with Crippen LogP contribution in [0, 0.1) is 23.2 Å². The zero-order valence-electron chi connectivity index (χ0n) is 26.2. The number of ether oxygens (including phenoxy) is 6. The van der Waals surface area contributed by atoms with Gasteiger partial charge >= 0.3 is 35.8 Å². The van der Waals surface area contributed by atoms with Gasteiger partial charge in [0.2, 0.25) is 0 Å². The van der Waals surface area contributed by atoms with Gasteiger partial charge in [-0.05, 0) is 18.9 Å². The van der Waals surface area contributed by atoms with Crippen LogP contribution in [0.1, 0.15) is 68.2 Å². The van der Waals surface area contributed by atoms with E-state index >= 15 is 0 Å². The average molecular weight is 627 g/mol. The number of carbonyl (C=O) groups is 6. The smallest absolute Gasteiger partial charge is 0.312 e. The van der Waals surface area contributed by atoms with Crippen molar-refractivity contribution >= 4 is 35.8 Å². The molecule has 0 bridgehead atoms. The predicted octanol–water partition coefficient (Wildman–Crippen LogP) is 0.922. The Morgan fingerprint density at radius 1 is 0.864 bits per heavy atom. The number of rotatable bonds is 6. The van der Waals surface area contributed by atoms with Crippen molar-refractivity contribution in [3.63, 3.8) is 0 Å². The van der Waals surface area contributed by atoms with Crippen molar-refractivity contribution in [3.05, 3.63) is 11.6 Å². The van der Waals surface area contributed by atoms with Gasteiger partial charge in [-0.25, -0.2) is 0 Å². The minimum atomic E-state index is -2.32. The summed E-state index contributed by atoms with van der Waals surface area (Å²) < 4.78 is 33.9. The molecule has 14 nitrogen and oxygen atoms in total. The molecule has 0 aromatic rings. The van der Waals surface area contributed by atoms with E-state index < -0.39 is 108 Å². The Balaban J connectivity index is 2.48. The zero-order chi connectivity index (χ0) is 33.3. The highest BCUT2D eigenvalue weighted by atomic mass is 16.6. The Bertz CT molecular complexity index is 1210. The van der Waals surface area contributed by atoms with Gasteiger partial charge in [-0.15, -0.1) is 0 Å². The summed E-state index contributed by atoms with van der Waals surface area (Å²) in [5.41, 5.74) is -3.79. The molecular weight excluding hydrogens is 584 g/mol. The number of hydrogen-bond acceptors (Lipinski definition) is 14. The van der Waals surface area contributed by atoms with Crippen LogP contribution in [0.3, 0.4) is 0 Å². The summed E-state index contributed by atoms with van der Waals surface area (Å²) in [4.78, 5) is 74.9. The second-order valence-corrected chi connectivity index (χ2v) is 12.1. The normalized spacial score (nSPS) is 38.5. The first-order valence-electron chi connectivity index (χ1n) is 14.5. The Morgan fingerprint density at radius 3 is 1.89 bits per heavy atom. The number of carbonyl (C=O) groups excluding carboxylic acids is 6. The average Bonchev–Trinajstić information content (AvgIpc) is 3.10. The van der Waals surface area contributed by atoms with Crippen LogP contribution in [-0.4, -0.2) is 94.9 Å². The van der Waals surface area contributed by atoms with Crippen molar-refractivity contribution in [1.82, 2.24) is 0 Å². The van der Waals surface area contributed by atoms with Crippen LogP contribution in [0.4, 0.5) is 0 Å². The third-order valence-corrected chi connectivity index (χ3v) is 9.13. The quantitative estimate of drug-likeness (QED) is 0.240. The fraction of sp³-hybridized carbons (Fsp3) is 0.733. The van der Waals surface area contributed by atoms with E-state index in [2.05, 4.69) is 0 Å². The molecule has 2 fully saturated rings. The van der Waals surface area contributed by atoms with Crippen molar-refractivity contribution in [2.24, 2.45) is 23.2 Å². The van der Waals surface area contributed by atoms with E-state index in [1.54, 1.807) is 13.8 Å². The third kappa shape index (κ3) is 6.75. The second-order valence-electron chi connectivity index (χ2n) is 12.1. The van der Waals surface area contributed by atoms with Crippen LogP contribution in [0.15, 0.2) is 11.6 Å². The van der Waals surface area contributed by atoms with Crippen LogP contribution in [0.25, 0.3) is 0 Å². The Kier molecular flexibility index (Phi) is 10.5. The van der Waals surface area contributed by atoms with Crippen molar-refractivity contribution in [2.45, 2.75) is 110 Å². The molecular formula is C30H42O14. The molecule has 11 unspecified atom stereocenters. The number of aliphatic hydroxyl groups excluding tert-OH is 1. The largest absolute Gasteiger partial charge is 0.462 e. The van der Waals surface area contributed by atoms with Gasteiger partial charge < -0.3 is 38.6 Å². The lowest BCUT2D eigenvalue weighted by atomic mass is 9.52. The highest BCUT2D eigenvalue weighted by Crippen LogP contribution is 2.56. The van der Waals surface area contributed by atoms with Gasteiger partial charge in [-0.2, -0.15) is 0 Å². The second kappa shape index (κ2) is 13.2. The molecule has 11 atom stereocenters. The first kappa shape index (κ1) is 35.0. The lowest BCUT2D eigenvalue weighted by Crippen LogP contribution is -2.69. The molecule has 1 heterocycles. The molecule has 0 spiro atoms. The zero-order valence-corrected chi connectivity index (χ0v) is 26.2. The molecule has 3 aliphatic rings. The first-order valence-corrected chi connectivity index (χ1v) is 14.5. The highest BCUT2D eigenvalue weighted by Gasteiger charge is 2.69. The third-order valence-electron chi connectivity index (χ3n) is 9.13. The fourth-order valence-corrected chi connectivity index (χ4v) is 7.00. The van der Waals surface area contributed by atoms with E-state index in [4.69, 9.17) is 28.4 Å². The molecule has 1 aliphatic heterocycles. The van der Waals surface area contributed by atoms with Gasteiger partial charge in [-0.1, -0.05) is 13.8 Å². The van der Waals surface area contributed by atoms with Crippen LogP contribution in [-0.2, 0) is 57.2 Å². The summed E-state index contributed by atoms with van der Waals surface area (Å²) in [5, 5.41) is 23.8. The van der Waals surface area contributed by atoms with Crippen molar-refractivity contribution in [1.29, 1.82) is 0 Å². The topological polar surface area (TPSA) is 198 Å². The lowest BCUT2D eigenvalue weighted by molar-refractivity contribution is -0.252. The molecule has 0 radical (unpaired) electrons.